The smallest absolute Gasteiger partial charge is 0.0136 e. The molecule has 15 heavy (non-hydrogen) atoms. The lowest BCUT2D eigenvalue weighted by molar-refractivity contribution is 0.628. The van der Waals surface area contributed by atoms with Crippen LogP contribution in [0.15, 0.2) is 29.2 Å². The highest BCUT2D eigenvalue weighted by molar-refractivity contribution is 8.00. The van der Waals surface area contributed by atoms with Gasteiger partial charge in [0.1, 0.15) is 0 Å². The van der Waals surface area contributed by atoms with Crippen LogP contribution >= 0.6 is 11.8 Å². The van der Waals surface area contributed by atoms with E-state index in [0.717, 1.165) is 11.8 Å². The maximum Gasteiger partial charge on any atom is 0.0136 e. The van der Waals surface area contributed by atoms with Gasteiger partial charge in [-0.05, 0) is 44.0 Å². The van der Waals surface area contributed by atoms with Gasteiger partial charge in [-0.3, -0.25) is 0 Å². The summed E-state index contributed by atoms with van der Waals surface area (Å²) in [5, 5.41) is 4.20. The molecular formula is C13H19NS. The molecule has 1 aromatic carbocycles. The van der Waals surface area contributed by atoms with Crippen LogP contribution in [0.25, 0.3) is 0 Å². The quantitative estimate of drug-likeness (QED) is 0.767. The van der Waals surface area contributed by atoms with E-state index in [2.05, 4.69) is 48.3 Å². The topological polar surface area (TPSA) is 12.0 Å². The molecule has 1 aliphatic heterocycles. The van der Waals surface area contributed by atoms with Crippen molar-refractivity contribution in [3.8, 4) is 0 Å². The van der Waals surface area contributed by atoms with E-state index in [1.807, 2.05) is 0 Å². The lowest BCUT2D eigenvalue weighted by Gasteiger charge is -2.07. The van der Waals surface area contributed by atoms with E-state index in [1.54, 1.807) is 5.56 Å². The van der Waals surface area contributed by atoms with Crippen LogP contribution in [-0.2, 0) is 6.42 Å². The number of hydrogen-bond acceptors (Lipinski definition) is 2. The predicted octanol–water partition coefficient (Wildman–Crippen LogP) is 3.09. The van der Waals surface area contributed by atoms with Gasteiger partial charge in [0.2, 0.25) is 0 Å². The molecule has 0 saturated heterocycles. The van der Waals surface area contributed by atoms with E-state index in [1.165, 1.54) is 30.7 Å². The fourth-order valence-electron chi connectivity index (χ4n) is 2.05. The summed E-state index contributed by atoms with van der Waals surface area (Å²) < 4.78 is 0. The molecule has 2 rings (SSSR count). The molecule has 0 amide bonds. The fraction of sp³-hybridized carbons (Fsp3) is 0.538. The van der Waals surface area contributed by atoms with Crippen molar-refractivity contribution in [2.24, 2.45) is 0 Å². The minimum absolute atomic E-state index is 0.820. The second kappa shape index (κ2) is 5.57. The number of rotatable bonds is 5. The standard InChI is InChI=1S/C13H19NS/c1-2-14-9-5-7-12-10-11-6-3-4-8-13(11)15-12/h3-4,6,8,12,14H,2,5,7,9-10H2,1H3. The molecular weight excluding hydrogens is 202 g/mol. The van der Waals surface area contributed by atoms with Crippen molar-refractivity contribution in [2.45, 2.75) is 36.3 Å². The van der Waals surface area contributed by atoms with Gasteiger partial charge in [-0.1, -0.05) is 25.1 Å². The molecule has 0 fully saturated rings. The molecule has 0 aromatic heterocycles. The third kappa shape index (κ3) is 2.99. The van der Waals surface area contributed by atoms with Crippen LogP contribution in [-0.4, -0.2) is 18.3 Å². The van der Waals surface area contributed by atoms with Crippen LogP contribution in [0.2, 0.25) is 0 Å². The van der Waals surface area contributed by atoms with Gasteiger partial charge in [-0.15, -0.1) is 11.8 Å². The van der Waals surface area contributed by atoms with Gasteiger partial charge in [0, 0.05) is 10.1 Å². The SMILES string of the molecule is CCNCCCC1Cc2ccccc2S1. The first-order valence-corrected chi connectivity index (χ1v) is 6.73. The van der Waals surface area contributed by atoms with Crippen LogP contribution in [0.5, 0.6) is 0 Å². The molecule has 1 aromatic rings. The van der Waals surface area contributed by atoms with Crippen molar-refractivity contribution in [2.75, 3.05) is 13.1 Å². The first kappa shape index (κ1) is 11.0. The molecule has 0 saturated carbocycles. The molecule has 82 valence electrons. The summed E-state index contributed by atoms with van der Waals surface area (Å²) in [4.78, 5) is 1.51. The number of benzene rings is 1. The van der Waals surface area contributed by atoms with Gasteiger partial charge in [0.15, 0.2) is 0 Å². The molecule has 1 aliphatic rings. The van der Waals surface area contributed by atoms with Crippen molar-refractivity contribution in [3.05, 3.63) is 29.8 Å². The van der Waals surface area contributed by atoms with Crippen molar-refractivity contribution in [1.82, 2.24) is 5.32 Å². The van der Waals surface area contributed by atoms with Crippen LogP contribution in [0.4, 0.5) is 0 Å². The third-order valence-electron chi connectivity index (χ3n) is 2.84. The van der Waals surface area contributed by atoms with Crippen molar-refractivity contribution >= 4 is 11.8 Å². The van der Waals surface area contributed by atoms with Crippen LogP contribution in [0, 0.1) is 0 Å². The maximum atomic E-state index is 3.38. The average Bonchev–Trinajstić information content (AvgIpc) is 2.67. The summed E-state index contributed by atoms with van der Waals surface area (Å²) in [6, 6.07) is 8.82. The Morgan fingerprint density at radius 2 is 2.27 bits per heavy atom. The maximum absolute atomic E-state index is 3.38. The number of thioether (sulfide) groups is 1. The molecule has 2 heteroatoms. The van der Waals surface area contributed by atoms with E-state index in [4.69, 9.17) is 0 Å². The second-order valence-corrected chi connectivity index (χ2v) is 5.39. The van der Waals surface area contributed by atoms with E-state index >= 15 is 0 Å². The Hall–Kier alpha value is -0.470. The first-order chi connectivity index (χ1) is 7.40. The second-order valence-electron chi connectivity index (χ2n) is 4.05. The van der Waals surface area contributed by atoms with Crippen LogP contribution in [0.3, 0.4) is 0 Å². The Morgan fingerprint density at radius 1 is 1.40 bits per heavy atom. The highest BCUT2D eigenvalue weighted by atomic mass is 32.2. The average molecular weight is 221 g/mol. The minimum Gasteiger partial charge on any atom is -0.317 e. The molecule has 1 N–H and O–H groups in total. The number of hydrogen-bond donors (Lipinski definition) is 1. The lowest BCUT2D eigenvalue weighted by Crippen LogP contribution is -2.15. The van der Waals surface area contributed by atoms with Gasteiger partial charge in [0.05, 0.1) is 0 Å². The largest absolute Gasteiger partial charge is 0.317 e. The molecule has 0 radical (unpaired) electrons. The van der Waals surface area contributed by atoms with Crippen LogP contribution in [0.1, 0.15) is 25.3 Å². The van der Waals surface area contributed by atoms with E-state index in [9.17, 15) is 0 Å². The molecule has 1 unspecified atom stereocenters. The van der Waals surface area contributed by atoms with Crippen molar-refractivity contribution < 1.29 is 0 Å². The van der Waals surface area contributed by atoms with Crippen LogP contribution < -0.4 is 5.32 Å². The molecule has 1 heterocycles. The lowest BCUT2D eigenvalue weighted by atomic mass is 10.1. The molecule has 0 aliphatic carbocycles. The van der Waals surface area contributed by atoms with Gasteiger partial charge >= 0.3 is 0 Å². The summed E-state index contributed by atoms with van der Waals surface area (Å²) in [6.45, 7) is 4.43. The Balaban J connectivity index is 1.76. The summed E-state index contributed by atoms with van der Waals surface area (Å²) >= 11 is 2.07. The zero-order chi connectivity index (χ0) is 10.5. The Bertz CT molecular complexity index is 286. The zero-order valence-corrected chi connectivity index (χ0v) is 10.1. The monoisotopic (exact) mass is 221 g/mol. The summed E-state index contributed by atoms with van der Waals surface area (Å²) in [6.07, 6.45) is 3.92. The minimum atomic E-state index is 0.820. The van der Waals surface area contributed by atoms with Crippen molar-refractivity contribution in [3.63, 3.8) is 0 Å². The number of fused-ring (bicyclic) bond motifs is 1. The first-order valence-electron chi connectivity index (χ1n) is 5.85. The third-order valence-corrected chi connectivity index (χ3v) is 4.23. The van der Waals surface area contributed by atoms with E-state index < -0.39 is 0 Å². The summed E-state index contributed by atoms with van der Waals surface area (Å²) in [7, 11) is 0. The molecule has 1 nitrogen and oxygen atoms in total. The predicted molar refractivity (Wildman–Crippen MR) is 67.6 cm³/mol. The Morgan fingerprint density at radius 3 is 3.07 bits per heavy atom. The zero-order valence-electron chi connectivity index (χ0n) is 9.33. The van der Waals surface area contributed by atoms with Gasteiger partial charge in [0.25, 0.3) is 0 Å². The van der Waals surface area contributed by atoms with Gasteiger partial charge in [-0.25, -0.2) is 0 Å². The number of nitrogens with one attached hydrogen (secondary N) is 1. The van der Waals surface area contributed by atoms with Crippen molar-refractivity contribution in [1.29, 1.82) is 0 Å². The van der Waals surface area contributed by atoms with Gasteiger partial charge in [-0.2, -0.15) is 0 Å². The summed E-state index contributed by atoms with van der Waals surface area (Å²) in [5.74, 6) is 0. The molecule has 1 atom stereocenters. The summed E-state index contributed by atoms with van der Waals surface area (Å²) in [5.41, 5.74) is 1.55. The Labute approximate surface area is 96.7 Å². The molecule has 0 spiro atoms. The highest BCUT2D eigenvalue weighted by Crippen LogP contribution is 2.38. The Kier molecular flexibility index (Phi) is 4.09. The van der Waals surface area contributed by atoms with E-state index in [0.29, 0.717) is 0 Å². The van der Waals surface area contributed by atoms with Gasteiger partial charge < -0.3 is 5.32 Å². The molecule has 0 bridgehead atoms. The fourth-order valence-corrected chi connectivity index (χ4v) is 3.41. The highest BCUT2D eigenvalue weighted by Gasteiger charge is 2.20. The van der Waals surface area contributed by atoms with E-state index in [-0.39, 0.29) is 0 Å². The normalized spacial score (nSPS) is 19.1.